The molecule has 0 fully saturated rings. The number of para-hydroxylation sites is 1. The summed E-state index contributed by atoms with van der Waals surface area (Å²) in [7, 11) is 0. The summed E-state index contributed by atoms with van der Waals surface area (Å²) in [6.07, 6.45) is 0. The fourth-order valence-electron chi connectivity index (χ4n) is 4.35. The lowest BCUT2D eigenvalue weighted by atomic mass is 10.2. The zero-order chi connectivity index (χ0) is 25.3. The summed E-state index contributed by atoms with van der Waals surface area (Å²) in [5.74, 6) is 2.50. The van der Waals surface area contributed by atoms with Gasteiger partial charge in [-0.15, -0.1) is 0 Å². The summed E-state index contributed by atoms with van der Waals surface area (Å²) >= 11 is 0. The number of nitrogens with one attached hydrogen (secondary N) is 1. The van der Waals surface area contributed by atoms with Crippen molar-refractivity contribution in [2.45, 2.75) is 0 Å². The van der Waals surface area contributed by atoms with Crippen molar-refractivity contribution in [1.29, 1.82) is 0 Å². The molecule has 0 spiro atoms. The highest BCUT2D eigenvalue weighted by atomic mass is 31.2. The standard InChI is InChI=1S/C33H27N2OP/c36-33(27-16-6-1-7-17-27)35-32(34-28-18-8-2-9-19-28)26-37(29-20-10-3-11-21-29,30-22-12-4-13-23-30)31-24-14-5-15-25-31/h1-26H,(H,34,35,36). The van der Waals surface area contributed by atoms with Crippen molar-refractivity contribution in [1.82, 2.24) is 5.32 Å². The number of rotatable bonds is 6. The molecule has 5 rings (SSSR count). The first-order chi connectivity index (χ1) is 18.3. The second kappa shape index (κ2) is 11.5. The van der Waals surface area contributed by atoms with Crippen LogP contribution in [0.25, 0.3) is 0 Å². The molecule has 0 saturated heterocycles. The van der Waals surface area contributed by atoms with E-state index < -0.39 is 6.89 Å². The highest BCUT2D eigenvalue weighted by molar-refractivity contribution is 7.95. The summed E-state index contributed by atoms with van der Waals surface area (Å²) in [4.78, 5) is 18.3. The zero-order valence-corrected chi connectivity index (χ0v) is 21.2. The SMILES string of the molecule is O=C(NC(C=P(c1ccccc1)(c1ccccc1)c1ccccc1)=Nc1ccccc1)c1ccccc1. The Labute approximate surface area is 218 Å². The first-order valence-electron chi connectivity index (χ1n) is 12.2. The quantitative estimate of drug-likeness (QED) is 0.176. The van der Waals surface area contributed by atoms with Crippen molar-refractivity contribution in [3.8, 4) is 0 Å². The molecule has 0 saturated carbocycles. The molecule has 37 heavy (non-hydrogen) atoms. The van der Waals surface area contributed by atoms with Gasteiger partial charge in [0.2, 0.25) is 0 Å². The molecule has 0 bridgehead atoms. The number of hydrogen-bond acceptors (Lipinski definition) is 2. The highest BCUT2D eigenvalue weighted by Crippen LogP contribution is 2.43. The molecule has 0 aliphatic heterocycles. The molecule has 1 N–H and O–H groups in total. The molecule has 3 nitrogen and oxygen atoms in total. The molecule has 4 heteroatoms. The van der Waals surface area contributed by atoms with Crippen molar-refractivity contribution in [3.05, 3.63) is 157 Å². The lowest BCUT2D eigenvalue weighted by Crippen LogP contribution is -2.35. The summed E-state index contributed by atoms with van der Waals surface area (Å²) < 4.78 is 0. The number of amidine groups is 1. The lowest BCUT2D eigenvalue weighted by molar-refractivity contribution is 0.0977. The van der Waals surface area contributed by atoms with Gasteiger partial charge in [-0.1, -0.05) is 127 Å². The largest absolute Gasteiger partial charge is 0.306 e. The minimum absolute atomic E-state index is 0.196. The van der Waals surface area contributed by atoms with Crippen LogP contribution in [0.15, 0.2) is 157 Å². The van der Waals surface area contributed by atoms with Gasteiger partial charge in [-0.05, 0) is 52.9 Å². The van der Waals surface area contributed by atoms with E-state index in [1.807, 2.05) is 78.9 Å². The lowest BCUT2D eigenvalue weighted by Gasteiger charge is -2.29. The maximum Gasteiger partial charge on any atom is 0.256 e. The van der Waals surface area contributed by atoms with E-state index >= 15 is 0 Å². The number of amides is 1. The number of hydrogen-bond donors (Lipinski definition) is 1. The Morgan fingerprint density at radius 2 is 0.919 bits per heavy atom. The van der Waals surface area contributed by atoms with Gasteiger partial charge < -0.3 is 5.32 Å². The minimum atomic E-state index is -2.36. The predicted octanol–water partition coefficient (Wildman–Crippen LogP) is 5.94. The van der Waals surface area contributed by atoms with Gasteiger partial charge in [0.25, 0.3) is 5.91 Å². The number of benzene rings is 5. The third-order valence-electron chi connectivity index (χ3n) is 6.09. The van der Waals surface area contributed by atoms with Gasteiger partial charge in [-0.2, -0.15) is 0 Å². The number of aliphatic imine (C=N–C) groups is 1. The normalized spacial score (nSPS) is 11.5. The van der Waals surface area contributed by atoms with Crippen LogP contribution >= 0.6 is 6.89 Å². The van der Waals surface area contributed by atoms with Gasteiger partial charge in [-0.25, -0.2) is 4.99 Å². The van der Waals surface area contributed by atoms with Crippen LogP contribution in [0.5, 0.6) is 0 Å². The Morgan fingerprint density at radius 1 is 0.541 bits per heavy atom. The van der Waals surface area contributed by atoms with Crippen molar-refractivity contribution in [2.24, 2.45) is 4.99 Å². The molecule has 5 aromatic carbocycles. The van der Waals surface area contributed by atoms with E-state index in [2.05, 4.69) is 83.9 Å². The topological polar surface area (TPSA) is 41.5 Å². The van der Waals surface area contributed by atoms with Crippen LogP contribution in [0, 0.1) is 0 Å². The van der Waals surface area contributed by atoms with Crippen LogP contribution < -0.4 is 21.2 Å². The van der Waals surface area contributed by atoms with Crippen LogP contribution in [0.3, 0.4) is 0 Å². The first kappa shape index (κ1) is 24.2. The molecule has 0 aliphatic rings. The Morgan fingerprint density at radius 3 is 1.35 bits per heavy atom. The molecule has 0 unspecified atom stereocenters. The van der Waals surface area contributed by atoms with E-state index in [1.165, 1.54) is 15.9 Å². The van der Waals surface area contributed by atoms with Gasteiger partial charge >= 0.3 is 0 Å². The van der Waals surface area contributed by atoms with Gasteiger partial charge in [-0.3, -0.25) is 4.79 Å². The first-order valence-corrected chi connectivity index (χ1v) is 14.0. The Bertz CT molecular complexity index is 1430. The van der Waals surface area contributed by atoms with Crippen molar-refractivity contribution in [3.63, 3.8) is 0 Å². The zero-order valence-electron chi connectivity index (χ0n) is 20.3. The summed E-state index contributed by atoms with van der Waals surface area (Å²) in [6, 6.07) is 50.5. The van der Waals surface area contributed by atoms with Crippen LogP contribution in [0.2, 0.25) is 0 Å². The third-order valence-corrected chi connectivity index (χ3v) is 10.1. The molecule has 0 atom stereocenters. The second-order valence-corrected chi connectivity index (χ2v) is 11.8. The predicted molar refractivity (Wildman–Crippen MR) is 159 cm³/mol. The molecular weight excluding hydrogens is 471 g/mol. The van der Waals surface area contributed by atoms with Gasteiger partial charge in [0, 0.05) is 5.56 Å². The molecule has 0 radical (unpaired) electrons. The summed E-state index contributed by atoms with van der Waals surface area (Å²) in [5.41, 5.74) is 1.36. The minimum Gasteiger partial charge on any atom is -0.306 e. The monoisotopic (exact) mass is 498 g/mol. The number of carbonyl (C=O) groups is 1. The molecule has 5 aromatic rings. The molecule has 1 amide bonds. The van der Waals surface area contributed by atoms with E-state index in [9.17, 15) is 4.79 Å². The van der Waals surface area contributed by atoms with Crippen LogP contribution in [-0.2, 0) is 0 Å². The van der Waals surface area contributed by atoms with E-state index in [-0.39, 0.29) is 5.91 Å². The van der Waals surface area contributed by atoms with Crippen LogP contribution in [0.4, 0.5) is 5.69 Å². The second-order valence-electron chi connectivity index (χ2n) is 8.51. The molecule has 180 valence electrons. The Kier molecular flexibility index (Phi) is 7.55. The van der Waals surface area contributed by atoms with Gasteiger partial charge in [0.05, 0.1) is 5.69 Å². The molecule has 0 heterocycles. The number of nitrogens with zero attached hydrogens (tertiary/aromatic N) is 1. The van der Waals surface area contributed by atoms with E-state index in [1.54, 1.807) is 0 Å². The molecular formula is C33H27N2OP. The van der Waals surface area contributed by atoms with Crippen LogP contribution in [-0.4, -0.2) is 17.5 Å². The van der Waals surface area contributed by atoms with Gasteiger partial charge in [0.15, 0.2) is 0 Å². The fourth-order valence-corrected chi connectivity index (χ4v) is 8.11. The maximum absolute atomic E-state index is 13.3. The van der Waals surface area contributed by atoms with E-state index in [0.29, 0.717) is 11.4 Å². The number of carbonyl (C=O) groups excluding carboxylic acids is 1. The molecule has 0 aliphatic carbocycles. The average molecular weight is 499 g/mol. The van der Waals surface area contributed by atoms with E-state index in [0.717, 1.165) is 5.69 Å². The third kappa shape index (κ3) is 5.53. The summed E-state index contributed by atoms with van der Waals surface area (Å²) in [6.45, 7) is -2.36. The van der Waals surface area contributed by atoms with E-state index in [4.69, 9.17) is 4.99 Å². The average Bonchev–Trinajstić information content (AvgIpc) is 2.98. The molecule has 0 aromatic heterocycles. The van der Waals surface area contributed by atoms with Crippen molar-refractivity contribution in [2.75, 3.05) is 0 Å². The Balaban J connectivity index is 1.80. The maximum atomic E-state index is 13.3. The van der Waals surface area contributed by atoms with Gasteiger partial charge in [0.1, 0.15) is 5.84 Å². The Hall–Kier alpha value is -4.46. The highest BCUT2D eigenvalue weighted by Gasteiger charge is 2.26. The fraction of sp³-hybridized carbons (Fsp3) is 0. The van der Waals surface area contributed by atoms with Crippen LogP contribution in [0.1, 0.15) is 10.4 Å². The van der Waals surface area contributed by atoms with Crippen molar-refractivity contribution >= 4 is 46.0 Å². The smallest absolute Gasteiger partial charge is 0.256 e. The summed E-state index contributed by atoms with van der Waals surface area (Å²) in [5, 5.41) is 6.68. The van der Waals surface area contributed by atoms with Crippen molar-refractivity contribution < 1.29 is 4.79 Å².